The zero-order valence-corrected chi connectivity index (χ0v) is 18.8. The van der Waals surface area contributed by atoms with Gasteiger partial charge in [-0.1, -0.05) is 0 Å². The third kappa shape index (κ3) is 4.30. The fourth-order valence-corrected chi connectivity index (χ4v) is 4.72. The van der Waals surface area contributed by atoms with Gasteiger partial charge in [-0.05, 0) is 75.5 Å². The van der Waals surface area contributed by atoms with Crippen LogP contribution in [0, 0.1) is 5.82 Å². The molecule has 3 aromatic rings. The highest BCUT2D eigenvalue weighted by atomic mass is 19.1. The Hall–Kier alpha value is -3.06. The minimum Gasteiger partial charge on any atom is -0.493 e. The molecule has 170 valence electrons. The minimum atomic E-state index is -0.462. The van der Waals surface area contributed by atoms with Crippen molar-refractivity contribution < 1.29 is 18.7 Å². The van der Waals surface area contributed by atoms with Gasteiger partial charge >= 0.3 is 0 Å². The molecule has 7 heteroatoms. The lowest BCUT2D eigenvalue weighted by atomic mass is 9.94. The summed E-state index contributed by atoms with van der Waals surface area (Å²) in [5.41, 5.74) is 8.99. The van der Waals surface area contributed by atoms with Gasteiger partial charge in [-0.2, -0.15) is 0 Å². The van der Waals surface area contributed by atoms with E-state index in [1.165, 1.54) is 6.07 Å². The van der Waals surface area contributed by atoms with Gasteiger partial charge in [0.1, 0.15) is 12.4 Å². The van der Waals surface area contributed by atoms with Crippen LogP contribution >= 0.6 is 0 Å². The molecular weight excluding hydrogens is 409 g/mol. The molecule has 0 spiro atoms. The van der Waals surface area contributed by atoms with Gasteiger partial charge in [-0.15, -0.1) is 0 Å². The highest BCUT2D eigenvalue weighted by Crippen LogP contribution is 2.38. The molecule has 2 heterocycles. The third-order valence-corrected chi connectivity index (χ3v) is 6.29. The molecule has 1 aliphatic heterocycles. The molecule has 0 saturated carbocycles. The standard InChI is InChI=1S/C25H30FN3O3/c1-15(2)29(10-4-5-16-13-28-22-8-6-17(26)11-20(16)22)18-12-21-19(25(27)30)7-9-23(31-3)24(21)32-14-18/h6-9,11,13,15,18,28H,4-5,10,12,14H2,1-3H3,(H2,27,30)/t18-/m1/s1. The van der Waals surface area contributed by atoms with Crippen LogP contribution in [0.3, 0.4) is 0 Å². The van der Waals surface area contributed by atoms with E-state index in [4.69, 9.17) is 15.2 Å². The van der Waals surface area contributed by atoms with Gasteiger partial charge < -0.3 is 20.2 Å². The van der Waals surface area contributed by atoms with E-state index < -0.39 is 5.91 Å². The summed E-state index contributed by atoms with van der Waals surface area (Å²) >= 11 is 0. The number of nitrogens with two attached hydrogens (primary N) is 1. The highest BCUT2D eigenvalue weighted by Gasteiger charge is 2.31. The monoisotopic (exact) mass is 439 g/mol. The predicted molar refractivity (Wildman–Crippen MR) is 123 cm³/mol. The number of halogens is 1. The van der Waals surface area contributed by atoms with Gasteiger partial charge in [0, 0.05) is 40.3 Å². The number of amides is 1. The number of carbonyl (C=O) groups is 1. The van der Waals surface area contributed by atoms with Crippen molar-refractivity contribution in [2.45, 2.75) is 45.2 Å². The molecule has 1 amide bonds. The number of rotatable bonds is 8. The molecule has 2 aromatic carbocycles. The summed E-state index contributed by atoms with van der Waals surface area (Å²) in [6.07, 6.45) is 4.40. The molecule has 6 nitrogen and oxygen atoms in total. The van der Waals surface area contributed by atoms with Crippen LogP contribution in [0.25, 0.3) is 10.9 Å². The van der Waals surface area contributed by atoms with E-state index in [1.807, 2.05) is 6.20 Å². The maximum absolute atomic E-state index is 13.7. The Morgan fingerprint density at radius 2 is 2.16 bits per heavy atom. The van der Waals surface area contributed by atoms with E-state index in [2.05, 4.69) is 23.7 Å². The molecule has 0 aliphatic carbocycles. The molecular formula is C25H30FN3O3. The van der Waals surface area contributed by atoms with Crippen molar-refractivity contribution in [3.05, 3.63) is 59.0 Å². The van der Waals surface area contributed by atoms with Crippen molar-refractivity contribution in [2.24, 2.45) is 5.73 Å². The maximum atomic E-state index is 13.7. The van der Waals surface area contributed by atoms with Crippen LogP contribution < -0.4 is 15.2 Å². The summed E-state index contributed by atoms with van der Waals surface area (Å²) in [7, 11) is 1.59. The normalized spacial score (nSPS) is 15.8. The zero-order valence-electron chi connectivity index (χ0n) is 18.8. The Morgan fingerprint density at radius 1 is 1.34 bits per heavy atom. The van der Waals surface area contributed by atoms with Gasteiger partial charge in [0.25, 0.3) is 0 Å². The van der Waals surface area contributed by atoms with Crippen LogP contribution in [-0.4, -0.2) is 48.1 Å². The van der Waals surface area contributed by atoms with Gasteiger partial charge in [0.2, 0.25) is 5.91 Å². The molecule has 0 radical (unpaired) electrons. The lowest BCUT2D eigenvalue weighted by Gasteiger charge is -2.38. The number of nitrogens with one attached hydrogen (secondary N) is 1. The van der Waals surface area contributed by atoms with Gasteiger partial charge in [0.15, 0.2) is 11.5 Å². The number of aromatic amines is 1. The van der Waals surface area contributed by atoms with Crippen LogP contribution in [0.1, 0.15) is 41.8 Å². The summed E-state index contributed by atoms with van der Waals surface area (Å²) in [5.74, 6) is 0.548. The summed E-state index contributed by atoms with van der Waals surface area (Å²) in [6, 6.07) is 8.69. The maximum Gasteiger partial charge on any atom is 0.249 e. The number of nitrogens with zero attached hydrogens (tertiary/aromatic N) is 1. The number of benzene rings is 2. The zero-order chi connectivity index (χ0) is 22.8. The molecule has 32 heavy (non-hydrogen) atoms. The van der Waals surface area contributed by atoms with Gasteiger partial charge in [0.05, 0.1) is 7.11 Å². The number of hydrogen-bond acceptors (Lipinski definition) is 4. The number of primary amides is 1. The molecule has 1 atom stereocenters. The number of methoxy groups -OCH3 is 1. The Bertz CT molecular complexity index is 1130. The largest absolute Gasteiger partial charge is 0.493 e. The molecule has 3 N–H and O–H groups in total. The van der Waals surface area contributed by atoms with Crippen molar-refractivity contribution in [1.82, 2.24) is 9.88 Å². The number of aryl methyl sites for hydroxylation is 1. The third-order valence-electron chi connectivity index (χ3n) is 6.29. The predicted octanol–water partition coefficient (Wildman–Crippen LogP) is 4.06. The quantitative estimate of drug-likeness (QED) is 0.555. The average molecular weight is 440 g/mol. The second-order valence-electron chi connectivity index (χ2n) is 8.60. The molecule has 4 rings (SSSR count). The van der Waals surface area contributed by atoms with Crippen molar-refractivity contribution >= 4 is 16.8 Å². The number of fused-ring (bicyclic) bond motifs is 2. The Balaban J connectivity index is 1.49. The first kappa shape index (κ1) is 22.1. The first-order chi connectivity index (χ1) is 15.4. The van der Waals surface area contributed by atoms with Crippen LogP contribution in [0.4, 0.5) is 4.39 Å². The van der Waals surface area contributed by atoms with Gasteiger partial charge in [-0.25, -0.2) is 4.39 Å². The van der Waals surface area contributed by atoms with E-state index in [1.54, 1.807) is 31.4 Å². The van der Waals surface area contributed by atoms with E-state index in [-0.39, 0.29) is 11.9 Å². The Morgan fingerprint density at radius 3 is 2.88 bits per heavy atom. The van der Waals surface area contributed by atoms with E-state index in [0.717, 1.165) is 41.4 Å². The lowest BCUT2D eigenvalue weighted by Crippen LogP contribution is -2.47. The number of hydrogen-bond donors (Lipinski definition) is 2. The Kier molecular flexibility index (Phi) is 6.37. The second-order valence-corrected chi connectivity index (χ2v) is 8.60. The first-order valence-electron chi connectivity index (χ1n) is 11.0. The molecule has 0 unspecified atom stereocenters. The molecule has 0 bridgehead atoms. The van der Waals surface area contributed by atoms with Crippen molar-refractivity contribution in [3.63, 3.8) is 0 Å². The van der Waals surface area contributed by atoms with Crippen molar-refractivity contribution in [3.8, 4) is 11.5 Å². The van der Waals surface area contributed by atoms with E-state index >= 15 is 0 Å². The van der Waals surface area contributed by atoms with Crippen LogP contribution in [-0.2, 0) is 12.8 Å². The average Bonchev–Trinajstić information content (AvgIpc) is 3.17. The number of aromatic nitrogens is 1. The van der Waals surface area contributed by atoms with Gasteiger partial charge in [-0.3, -0.25) is 9.69 Å². The minimum absolute atomic E-state index is 0.119. The summed E-state index contributed by atoms with van der Waals surface area (Å²) < 4.78 is 25.2. The number of H-pyrrole nitrogens is 1. The van der Waals surface area contributed by atoms with Crippen LogP contribution in [0.15, 0.2) is 36.5 Å². The van der Waals surface area contributed by atoms with Crippen molar-refractivity contribution in [2.75, 3.05) is 20.3 Å². The first-order valence-corrected chi connectivity index (χ1v) is 11.0. The van der Waals surface area contributed by atoms with E-state index in [0.29, 0.717) is 36.1 Å². The number of carbonyl (C=O) groups excluding carboxylic acids is 1. The topological polar surface area (TPSA) is 80.6 Å². The van der Waals surface area contributed by atoms with Crippen LogP contribution in [0.5, 0.6) is 11.5 Å². The highest BCUT2D eigenvalue weighted by molar-refractivity contribution is 5.95. The van der Waals surface area contributed by atoms with E-state index in [9.17, 15) is 9.18 Å². The molecule has 1 aromatic heterocycles. The summed E-state index contributed by atoms with van der Waals surface area (Å²) in [5, 5.41) is 0.939. The molecule has 1 aliphatic rings. The van der Waals surface area contributed by atoms with Crippen LogP contribution in [0.2, 0.25) is 0 Å². The summed E-state index contributed by atoms with van der Waals surface area (Å²) in [4.78, 5) is 17.6. The fourth-order valence-electron chi connectivity index (χ4n) is 4.72. The smallest absolute Gasteiger partial charge is 0.249 e. The second kappa shape index (κ2) is 9.20. The summed E-state index contributed by atoms with van der Waals surface area (Å²) in [6.45, 7) is 5.70. The number of ether oxygens (including phenoxy) is 2. The lowest BCUT2D eigenvalue weighted by molar-refractivity contribution is 0.0879. The SMILES string of the molecule is COc1ccc(C(N)=O)c2c1OC[C@H](N(CCCc1c[nH]c3ccc(F)cc13)C(C)C)C2. The molecule has 0 saturated heterocycles. The molecule has 0 fully saturated rings. The van der Waals surface area contributed by atoms with Crippen molar-refractivity contribution in [1.29, 1.82) is 0 Å². The fraction of sp³-hybridized carbons (Fsp3) is 0.400. The Labute approximate surface area is 187 Å².